The molecule has 0 aliphatic carbocycles. The maximum Gasteiger partial charge on any atom is 0.251 e. The van der Waals surface area contributed by atoms with E-state index in [1.165, 1.54) is 19.2 Å². The Morgan fingerprint density at radius 3 is 2.50 bits per heavy atom. The molecule has 1 N–H and O–H groups in total. The van der Waals surface area contributed by atoms with Gasteiger partial charge in [-0.25, -0.2) is 0 Å². The van der Waals surface area contributed by atoms with Gasteiger partial charge in [-0.2, -0.15) is 0 Å². The predicted molar refractivity (Wildman–Crippen MR) is 74.8 cm³/mol. The Hall–Kier alpha value is -1.19. The molecule has 1 aromatic rings. The van der Waals surface area contributed by atoms with Crippen LogP contribution in [0.1, 0.15) is 23.7 Å². The number of allylic oxidation sites excluding steroid dienone is 1. The van der Waals surface area contributed by atoms with Gasteiger partial charge in [-0.3, -0.25) is 4.79 Å². The minimum atomic E-state index is -0.203. The molecule has 0 heterocycles. The van der Waals surface area contributed by atoms with Gasteiger partial charge in [0.1, 0.15) is 0 Å². The van der Waals surface area contributed by atoms with Crippen LogP contribution in [0.15, 0.2) is 24.3 Å². The Bertz CT molecular complexity index is 435. The fraction of sp³-hybridized carbons (Fsp3) is 0.308. The molecule has 0 fully saturated rings. The van der Waals surface area contributed by atoms with Crippen LogP contribution in [0.3, 0.4) is 0 Å². The van der Waals surface area contributed by atoms with E-state index >= 15 is 0 Å². The molecule has 1 amide bonds. The Morgan fingerprint density at radius 2 is 2.00 bits per heavy atom. The zero-order chi connectivity index (χ0) is 13.5. The topological polar surface area (TPSA) is 38.3 Å². The van der Waals surface area contributed by atoms with Gasteiger partial charge in [0.25, 0.3) is 5.91 Å². The summed E-state index contributed by atoms with van der Waals surface area (Å²) in [6.45, 7) is 2.51. The van der Waals surface area contributed by atoms with Gasteiger partial charge in [-0.1, -0.05) is 35.4 Å². The van der Waals surface area contributed by atoms with Crippen molar-refractivity contribution in [2.45, 2.75) is 13.3 Å². The third-order valence-electron chi connectivity index (χ3n) is 2.30. The molecule has 0 aliphatic heterocycles. The molecule has 1 rings (SSSR count). The molecule has 0 aliphatic rings. The number of carbonyl (C=O) groups excluding carboxylic acids is 1. The molecule has 0 spiro atoms. The van der Waals surface area contributed by atoms with Crippen molar-refractivity contribution in [1.29, 1.82) is 0 Å². The van der Waals surface area contributed by atoms with Gasteiger partial charge in [0.2, 0.25) is 0 Å². The lowest BCUT2D eigenvalue weighted by Crippen LogP contribution is -2.24. The average molecular weight is 288 g/mol. The van der Waals surface area contributed by atoms with E-state index in [9.17, 15) is 4.79 Å². The SMILES string of the molecule is C/C=C/CCNC(=O)c1cc(Cl)c(OC)c(Cl)c1. The minimum absolute atomic E-state index is 0.203. The largest absolute Gasteiger partial charge is 0.494 e. The number of hydrogen-bond donors (Lipinski definition) is 1. The fourth-order valence-corrected chi connectivity index (χ4v) is 2.07. The normalized spacial score (nSPS) is 10.7. The summed E-state index contributed by atoms with van der Waals surface area (Å²) in [5.74, 6) is 0.176. The smallest absolute Gasteiger partial charge is 0.251 e. The first-order chi connectivity index (χ1) is 8.60. The molecule has 3 nitrogen and oxygen atoms in total. The zero-order valence-corrected chi connectivity index (χ0v) is 11.8. The number of amides is 1. The molecule has 98 valence electrons. The second kappa shape index (κ2) is 7.29. The summed E-state index contributed by atoms with van der Waals surface area (Å²) in [5, 5.41) is 3.42. The third-order valence-corrected chi connectivity index (χ3v) is 2.86. The number of methoxy groups -OCH3 is 1. The fourth-order valence-electron chi connectivity index (χ4n) is 1.42. The molecule has 1 aromatic carbocycles. The lowest BCUT2D eigenvalue weighted by atomic mass is 10.2. The Labute approximate surface area is 117 Å². The number of carbonyl (C=O) groups is 1. The maximum absolute atomic E-state index is 11.8. The number of ether oxygens (including phenoxy) is 1. The van der Waals surface area contributed by atoms with Crippen molar-refractivity contribution in [2.75, 3.05) is 13.7 Å². The van der Waals surface area contributed by atoms with Gasteiger partial charge >= 0.3 is 0 Å². The van der Waals surface area contributed by atoms with Crippen molar-refractivity contribution in [3.8, 4) is 5.75 Å². The molecular weight excluding hydrogens is 273 g/mol. The maximum atomic E-state index is 11.8. The minimum Gasteiger partial charge on any atom is -0.494 e. The van der Waals surface area contributed by atoms with E-state index < -0.39 is 0 Å². The van der Waals surface area contributed by atoms with Crippen LogP contribution in [0.2, 0.25) is 10.0 Å². The lowest BCUT2D eigenvalue weighted by Gasteiger charge is -2.09. The van der Waals surface area contributed by atoms with Crippen LogP contribution < -0.4 is 10.1 Å². The number of benzene rings is 1. The highest BCUT2D eigenvalue weighted by atomic mass is 35.5. The highest BCUT2D eigenvalue weighted by Gasteiger charge is 2.12. The van der Waals surface area contributed by atoms with Gasteiger partial charge in [-0.05, 0) is 25.5 Å². The quantitative estimate of drug-likeness (QED) is 0.662. The van der Waals surface area contributed by atoms with Crippen molar-refractivity contribution in [3.63, 3.8) is 0 Å². The number of halogens is 2. The van der Waals surface area contributed by atoms with E-state index in [1.54, 1.807) is 0 Å². The van der Waals surface area contributed by atoms with Crippen molar-refractivity contribution < 1.29 is 9.53 Å². The van der Waals surface area contributed by atoms with Crippen LogP contribution in [-0.2, 0) is 0 Å². The Morgan fingerprint density at radius 1 is 1.39 bits per heavy atom. The zero-order valence-electron chi connectivity index (χ0n) is 10.3. The molecule has 5 heteroatoms. The predicted octanol–water partition coefficient (Wildman–Crippen LogP) is 3.70. The van der Waals surface area contributed by atoms with Gasteiger partial charge in [0.05, 0.1) is 17.2 Å². The monoisotopic (exact) mass is 287 g/mol. The first-order valence-electron chi connectivity index (χ1n) is 5.52. The molecule has 0 aromatic heterocycles. The van der Waals surface area contributed by atoms with Crippen molar-refractivity contribution in [1.82, 2.24) is 5.32 Å². The summed E-state index contributed by atoms with van der Waals surface area (Å²) in [7, 11) is 1.48. The lowest BCUT2D eigenvalue weighted by molar-refractivity contribution is 0.0954. The van der Waals surface area contributed by atoms with E-state index in [2.05, 4.69) is 5.32 Å². The summed E-state index contributed by atoms with van der Waals surface area (Å²) < 4.78 is 5.02. The van der Waals surface area contributed by atoms with E-state index in [0.717, 1.165) is 6.42 Å². The number of rotatable bonds is 5. The van der Waals surface area contributed by atoms with Crippen molar-refractivity contribution >= 4 is 29.1 Å². The molecule has 0 saturated heterocycles. The summed E-state index contributed by atoms with van der Waals surface area (Å²) in [6, 6.07) is 3.08. The second-order valence-electron chi connectivity index (χ2n) is 3.59. The van der Waals surface area contributed by atoms with E-state index in [1.807, 2.05) is 19.1 Å². The summed E-state index contributed by atoms with van der Waals surface area (Å²) in [5.41, 5.74) is 0.422. The first kappa shape index (κ1) is 14.9. The third kappa shape index (κ3) is 3.93. The standard InChI is InChI=1S/C13H15Cl2NO2/c1-3-4-5-6-16-13(17)9-7-10(14)12(18-2)11(15)8-9/h3-4,7-8H,5-6H2,1-2H3,(H,16,17)/b4-3+. The van der Waals surface area contributed by atoms with Crippen molar-refractivity contribution in [2.24, 2.45) is 0 Å². The first-order valence-corrected chi connectivity index (χ1v) is 6.28. The average Bonchev–Trinajstić information content (AvgIpc) is 2.34. The highest BCUT2D eigenvalue weighted by molar-refractivity contribution is 6.37. The highest BCUT2D eigenvalue weighted by Crippen LogP contribution is 2.33. The van der Waals surface area contributed by atoms with Gasteiger partial charge in [0.15, 0.2) is 5.75 Å². The van der Waals surface area contributed by atoms with Crippen molar-refractivity contribution in [3.05, 3.63) is 39.9 Å². The van der Waals surface area contributed by atoms with Crippen LogP contribution in [0.25, 0.3) is 0 Å². The molecule has 0 unspecified atom stereocenters. The van der Waals surface area contributed by atoms with Crippen LogP contribution in [0, 0.1) is 0 Å². The van der Waals surface area contributed by atoms with Gasteiger partial charge in [-0.15, -0.1) is 0 Å². The van der Waals surface area contributed by atoms with Crippen LogP contribution >= 0.6 is 23.2 Å². The summed E-state index contributed by atoms with van der Waals surface area (Å²) in [4.78, 5) is 11.8. The Balaban J connectivity index is 2.75. The van der Waals surface area contributed by atoms with Crippen LogP contribution in [0.5, 0.6) is 5.75 Å². The number of nitrogens with one attached hydrogen (secondary N) is 1. The van der Waals surface area contributed by atoms with Gasteiger partial charge < -0.3 is 10.1 Å². The Kier molecular flexibility index (Phi) is 6.02. The van der Waals surface area contributed by atoms with Crippen LogP contribution in [0.4, 0.5) is 0 Å². The molecule has 18 heavy (non-hydrogen) atoms. The molecule has 0 radical (unpaired) electrons. The van der Waals surface area contributed by atoms with Gasteiger partial charge in [0, 0.05) is 12.1 Å². The van der Waals surface area contributed by atoms with E-state index in [0.29, 0.717) is 27.9 Å². The number of hydrogen-bond acceptors (Lipinski definition) is 2. The second-order valence-corrected chi connectivity index (χ2v) is 4.40. The molecule has 0 atom stereocenters. The van der Waals surface area contributed by atoms with E-state index in [4.69, 9.17) is 27.9 Å². The molecular formula is C13H15Cl2NO2. The summed E-state index contributed by atoms with van der Waals surface area (Å²) >= 11 is 11.9. The molecule has 0 saturated carbocycles. The summed E-state index contributed by atoms with van der Waals surface area (Å²) in [6.07, 6.45) is 4.71. The molecule has 0 bridgehead atoms. The van der Waals surface area contributed by atoms with E-state index in [-0.39, 0.29) is 5.91 Å². The van der Waals surface area contributed by atoms with Crippen LogP contribution in [-0.4, -0.2) is 19.6 Å².